The topological polar surface area (TPSA) is 152 Å². The standard InChI is InChI=1S/C39H52O12P4S2/c1-5-45-54(48-28(3)49-54)26-32-25-35(37-20-22-39(57-37)38-21-19-36(56-38)30-15-17-34(18-16-30)47-53(42)43)33(27-55(46-6-2)50-29(4)51-55)24-31(32)14-12-10-8-7-9-11-13-23-44-52(40)41/h15-22,24-25,28-29,40-41,53-55H,5-11,13,23,26-27H2,1-4H3,(H,42,43). The van der Waals surface area contributed by atoms with Crippen LogP contribution in [0.25, 0.3) is 30.6 Å². The molecule has 4 aromatic rings. The second kappa shape index (κ2) is 21.2. The van der Waals surface area contributed by atoms with Gasteiger partial charge >= 0.3 is 313 Å². The minimum absolute atomic E-state index is 0.321. The number of benzene rings is 2. The molecular formula is C39H52O12P4S2. The van der Waals surface area contributed by atoms with E-state index >= 15 is 0 Å². The summed E-state index contributed by atoms with van der Waals surface area (Å²) in [6, 6.07) is 20.1. The molecule has 2 aromatic heterocycles. The molecule has 0 spiro atoms. The van der Waals surface area contributed by atoms with Gasteiger partial charge in [0.05, 0.1) is 0 Å². The minimum atomic E-state index is -3.06. The van der Waals surface area contributed by atoms with E-state index < -0.39 is 32.7 Å². The Hall–Kier alpha value is -1.68. The SMILES string of the molecule is CCO[PH]1(Cc2cc(-c3ccc(-c4ccc(-c5ccc(O[PH](=O)O)cc5)s4)s3)c(C[PH]3(OCC)OC(C)O3)cc2C#CCCCCCCCOP(O)O)OC(C)O1. The van der Waals surface area contributed by atoms with E-state index in [1.54, 1.807) is 34.8 Å². The van der Waals surface area contributed by atoms with Crippen LogP contribution in [0.4, 0.5) is 0 Å². The fourth-order valence-electron chi connectivity index (χ4n) is 6.85. The van der Waals surface area contributed by atoms with Gasteiger partial charge in [0.25, 0.3) is 0 Å². The average Bonchev–Trinajstić information content (AvgIpc) is 3.83. The molecular weight excluding hydrogens is 848 g/mol. The summed E-state index contributed by atoms with van der Waals surface area (Å²) in [5.74, 6) is 7.29. The van der Waals surface area contributed by atoms with Crippen molar-refractivity contribution in [2.24, 2.45) is 0 Å². The summed E-state index contributed by atoms with van der Waals surface area (Å²) >= 11 is 3.39. The summed E-state index contributed by atoms with van der Waals surface area (Å²) in [4.78, 5) is 31.4. The van der Waals surface area contributed by atoms with Crippen molar-refractivity contribution >= 4 is 55.4 Å². The van der Waals surface area contributed by atoms with Gasteiger partial charge in [-0.15, -0.1) is 0 Å². The molecule has 18 heteroatoms. The number of hydrogen-bond acceptors (Lipinski definition) is 13. The van der Waals surface area contributed by atoms with Gasteiger partial charge in [0.1, 0.15) is 5.75 Å². The molecule has 0 amide bonds. The first-order valence-electron chi connectivity index (χ1n) is 19.2. The van der Waals surface area contributed by atoms with Crippen LogP contribution in [-0.4, -0.2) is 47.1 Å². The predicted octanol–water partition coefficient (Wildman–Crippen LogP) is 11.3. The van der Waals surface area contributed by atoms with Crippen molar-refractivity contribution in [1.29, 1.82) is 0 Å². The fraction of sp³-hybridized carbons (Fsp3) is 0.436. The van der Waals surface area contributed by atoms with Gasteiger partial charge in [-0.1, -0.05) is 0 Å². The molecule has 1 atom stereocenters. The number of hydrogen-bond donors (Lipinski definition) is 3. The van der Waals surface area contributed by atoms with Gasteiger partial charge in [0.15, 0.2) is 0 Å². The van der Waals surface area contributed by atoms with Crippen molar-refractivity contribution in [2.75, 3.05) is 19.8 Å². The van der Waals surface area contributed by atoms with E-state index in [0.29, 0.717) is 37.9 Å². The summed E-state index contributed by atoms with van der Waals surface area (Å²) in [6.45, 7) is 8.99. The molecule has 3 N–H and O–H groups in total. The van der Waals surface area contributed by atoms with Gasteiger partial charge in [-0.05, 0) is 0 Å². The van der Waals surface area contributed by atoms with Crippen LogP contribution in [0.2, 0.25) is 0 Å². The van der Waals surface area contributed by atoms with Crippen LogP contribution in [0.1, 0.15) is 82.9 Å². The van der Waals surface area contributed by atoms with Crippen molar-refractivity contribution in [1.82, 2.24) is 0 Å². The Bertz CT molecular complexity index is 1990. The van der Waals surface area contributed by atoms with Crippen LogP contribution in [0, 0.1) is 11.8 Å². The van der Waals surface area contributed by atoms with Crippen LogP contribution in [0.5, 0.6) is 5.75 Å². The Morgan fingerprint density at radius 3 is 1.91 bits per heavy atom. The normalized spacial score (nSPS) is 19.9. The van der Waals surface area contributed by atoms with Crippen molar-refractivity contribution in [2.45, 2.75) is 91.1 Å². The van der Waals surface area contributed by atoms with E-state index in [0.717, 1.165) is 85.9 Å². The molecule has 57 heavy (non-hydrogen) atoms. The van der Waals surface area contributed by atoms with Crippen LogP contribution >= 0.6 is 55.4 Å². The summed E-state index contributed by atoms with van der Waals surface area (Å²) in [5.41, 5.74) is 4.97. The summed E-state index contributed by atoms with van der Waals surface area (Å²) in [5, 5.41) is 0. The third kappa shape index (κ3) is 12.4. The van der Waals surface area contributed by atoms with Crippen molar-refractivity contribution in [3.63, 3.8) is 0 Å². The zero-order chi connectivity index (χ0) is 40.4. The molecule has 0 bridgehead atoms. The van der Waals surface area contributed by atoms with Gasteiger partial charge in [0.2, 0.25) is 0 Å². The zero-order valence-corrected chi connectivity index (χ0v) is 38.0. The molecule has 0 aliphatic carbocycles. The van der Waals surface area contributed by atoms with E-state index in [2.05, 4.69) is 48.2 Å². The van der Waals surface area contributed by atoms with Crippen LogP contribution in [-0.2, 0) is 48.6 Å². The summed E-state index contributed by atoms with van der Waals surface area (Å²) < 4.78 is 58.3. The third-order valence-corrected chi connectivity index (χ3v) is 18.3. The van der Waals surface area contributed by atoms with Gasteiger partial charge in [0, 0.05) is 0 Å². The molecule has 2 aliphatic rings. The van der Waals surface area contributed by atoms with Crippen LogP contribution < -0.4 is 4.52 Å². The molecule has 2 aliphatic heterocycles. The van der Waals surface area contributed by atoms with Gasteiger partial charge < -0.3 is 23.7 Å². The first kappa shape index (κ1) is 44.9. The molecule has 4 heterocycles. The van der Waals surface area contributed by atoms with E-state index in [-0.39, 0.29) is 12.6 Å². The van der Waals surface area contributed by atoms with Crippen molar-refractivity contribution < 1.29 is 55.4 Å². The number of rotatable bonds is 21. The zero-order valence-electron chi connectivity index (χ0n) is 32.5. The first-order chi connectivity index (χ1) is 27.5. The molecule has 0 radical (unpaired) electrons. The summed E-state index contributed by atoms with van der Waals surface area (Å²) in [7, 11) is -11.3. The van der Waals surface area contributed by atoms with Crippen molar-refractivity contribution in [3.05, 3.63) is 77.4 Å². The monoisotopic (exact) mass is 900 g/mol. The Balaban J connectivity index is 1.30. The summed E-state index contributed by atoms with van der Waals surface area (Å²) in [6.07, 6.45) is 5.83. The number of unbranched alkanes of at least 4 members (excludes halogenated alkanes) is 5. The predicted molar refractivity (Wildman–Crippen MR) is 233 cm³/mol. The van der Waals surface area contributed by atoms with Crippen LogP contribution in [0.3, 0.4) is 0 Å². The second-order valence-electron chi connectivity index (χ2n) is 13.5. The number of thiophene rings is 2. The Kier molecular flexibility index (Phi) is 16.7. The molecule has 0 saturated carbocycles. The molecule has 2 saturated heterocycles. The Labute approximate surface area is 345 Å². The van der Waals surface area contributed by atoms with E-state index in [1.807, 2.05) is 39.8 Å². The molecule has 312 valence electrons. The maximum atomic E-state index is 11.1. The first-order valence-corrected chi connectivity index (χ1v) is 27.1. The van der Waals surface area contributed by atoms with Crippen LogP contribution in [0.15, 0.2) is 60.7 Å². The molecule has 1 unspecified atom stereocenters. The van der Waals surface area contributed by atoms with E-state index in [1.165, 1.54) is 0 Å². The Morgan fingerprint density at radius 2 is 1.32 bits per heavy atom. The van der Waals surface area contributed by atoms with E-state index in [4.69, 9.17) is 50.9 Å². The Morgan fingerprint density at radius 1 is 0.754 bits per heavy atom. The quantitative estimate of drug-likeness (QED) is 0.0415. The van der Waals surface area contributed by atoms with Gasteiger partial charge in [-0.25, -0.2) is 4.57 Å². The van der Waals surface area contributed by atoms with Gasteiger partial charge in [-0.3, -0.25) is 0 Å². The molecule has 2 fully saturated rings. The second-order valence-corrected chi connectivity index (χ2v) is 22.1. The molecule has 2 aromatic carbocycles. The maximum absolute atomic E-state index is 11.1. The third-order valence-electron chi connectivity index (χ3n) is 9.19. The molecule has 6 rings (SSSR count). The van der Waals surface area contributed by atoms with Gasteiger partial charge in [-0.2, -0.15) is 0 Å². The fourth-order valence-corrected chi connectivity index (χ4v) is 14.9. The van der Waals surface area contributed by atoms with Crippen molar-refractivity contribution in [3.8, 4) is 48.2 Å². The van der Waals surface area contributed by atoms with E-state index in [9.17, 15) is 4.57 Å². The molecule has 12 nitrogen and oxygen atoms in total. The average molecular weight is 901 g/mol.